The van der Waals surface area contributed by atoms with Gasteiger partial charge < -0.3 is 5.32 Å². The Labute approximate surface area is 175 Å². The summed E-state index contributed by atoms with van der Waals surface area (Å²) in [6.07, 6.45) is 1.09. The molecule has 0 aromatic heterocycles. The Morgan fingerprint density at radius 2 is 1.20 bits per heavy atom. The Bertz CT molecular complexity index is 1260. The maximum atomic E-state index is 12.4. The molecule has 7 nitrogen and oxygen atoms in total. The van der Waals surface area contributed by atoms with Crippen molar-refractivity contribution in [3.8, 4) is 0 Å². The first-order chi connectivity index (χ1) is 14.0. The van der Waals surface area contributed by atoms with Crippen LogP contribution >= 0.6 is 0 Å². The number of sulfone groups is 1. The Morgan fingerprint density at radius 3 is 1.73 bits per heavy atom. The van der Waals surface area contributed by atoms with Crippen LogP contribution in [0.4, 0.5) is 11.4 Å². The summed E-state index contributed by atoms with van der Waals surface area (Å²) >= 11 is 0. The first kappa shape index (κ1) is 21.5. The van der Waals surface area contributed by atoms with Gasteiger partial charge in [-0.2, -0.15) is 0 Å². The largest absolute Gasteiger partial charge is 0.322 e. The van der Waals surface area contributed by atoms with E-state index >= 15 is 0 Å². The highest BCUT2D eigenvalue weighted by Gasteiger charge is 2.14. The van der Waals surface area contributed by atoms with Gasteiger partial charge in [-0.25, -0.2) is 16.8 Å². The van der Waals surface area contributed by atoms with Gasteiger partial charge in [0.05, 0.1) is 9.79 Å². The second-order valence-electron chi connectivity index (χ2n) is 6.75. The van der Waals surface area contributed by atoms with E-state index in [1.54, 1.807) is 24.3 Å². The van der Waals surface area contributed by atoms with Crippen LogP contribution in [0.15, 0.2) is 82.6 Å². The molecule has 0 aliphatic heterocycles. The van der Waals surface area contributed by atoms with Crippen LogP contribution in [0, 0.1) is 6.92 Å². The fourth-order valence-electron chi connectivity index (χ4n) is 2.61. The molecule has 0 aliphatic carbocycles. The van der Waals surface area contributed by atoms with E-state index in [4.69, 9.17) is 0 Å². The molecule has 0 spiro atoms. The summed E-state index contributed by atoms with van der Waals surface area (Å²) in [6.45, 7) is 1.87. The van der Waals surface area contributed by atoms with E-state index in [9.17, 15) is 21.6 Å². The third-order valence-electron chi connectivity index (χ3n) is 4.27. The first-order valence-corrected chi connectivity index (χ1v) is 12.2. The zero-order valence-corrected chi connectivity index (χ0v) is 17.9. The van der Waals surface area contributed by atoms with Gasteiger partial charge in [-0.1, -0.05) is 17.7 Å². The Hall–Kier alpha value is -3.17. The average molecular weight is 445 g/mol. The summed E-state index contributed by atoms with van der Waals surface area (Å²) in [7, 11) is -7.05. The minimum absolute atomic E-state index is 0.129. The minimum Gasteiger partial charge on any atom is -0.322 e. The molecule has 3 rings (SSSR count). The predicted molar refractivity (Wildman–Crippen MR) is 116 cm³/mol. The van der Waals surface area contributed by atoms with E-state index in [1.165, 1.54) is 48.5 Å². The van der Waals surface area contributed by atoms with Gasteiger partial charge >= 0.3 is 0 Å². The number of anilines is 2. The molecule has 3 aromatic carbocycles. The lowest BCUT2D eigenvalue weighted by Gasteiger charge is -2.10. The fraction of sp³-hybridized carbons (Fsp3) is 0.0952. The first-order valence-electron chi connectivity index (χ1n) is 8.86. The van der Waals surface area contributed by atoms with Crippen LogP contribution in [0.5, 0.6) is 0 Å². The van der Waals surface area contributed by atoms with Crippen molar-refractivity contribution in [3.63, 3.8) is 0 Å². The highest BCUT2D eigenvalue weighted by Crippen LogP contribution is 2.19. The lowest BCUT2D eigenvalue weighted by atomic mass is 10.2. The molecule has 0 aliphatic rings. The molecular weight excluding hydrogens is 424 g/mol. The van der Waals surface area contributed by atoms with E-state index in [2.05, 4.69) is 10.0 Å². The summed E-state index contributed by atoms with van der Waals surface area (Å²) in [5, 5.41) is 2.68. The summed E-state index contributed by atoms with van der Waals surface area (Å²) in [4.78, 5) is 12.6. The predicted octanol–water partition coefficient (Wildman–Crippen LogP) is 3.45. The number of nitrogens with one attached hydrogen (secondary N) is 2. The van der Waals surface area contributed by atoms with Gasteiger partial charge in [-0.3, -0.25) is 9.52 Å². The summed E-state index contributed by atoms with van der Waals surface area (Å²) < 4.78 is 50.3. The summed E-state index contributed by atoms with van der Waals surface area (Å²) in [6, 6.07) is 18.3. The van der Waals surface area contributed by atoms with Crippen molar-refractivity contribution in [1.29, 1.82) is 0 Å². The van der Waals surface area contributed by atoms with Gasteiger partial charge in [0.25, 0.3) is 15.9 Å². The second-order valence-corrected chi connectivity index (χ2v) is 10.4. The molecule has 0 bridgehead atoms. The molecule has 2 N–H and O–H groups in total. The van der Waals surface area contributed by atoms with Crippen LogP contribution in [0.1, 0.15) is 15.9 Å². The average Bonchev–Trinajstić information content (AvgIpc) is 2.69. The van der Waals surface area contributed by atoms with Crippen molar-refractivity contribution in [2.45, 2.75) is 16.7 Å². The smallest absolute Gasteiger partial charge is 0.261 e. The number of amides is 1. The zero-order valence-electron chi connectivity index (χ0n) is 16.3. The molecule has 0 saturated carbocycles. The van der Waals surface area contributed by atoms with Crippen molar-refractivity contribution in [1.82, 2.24) is 0 Å². The maximum Gasteiger partial charge on any atom is 0.261 e. The standard InChI is InChI=1S/C21H20N2O5S2/c1-15-3-11-20(12-4-15)30(27,28)23-18-9-7-17(8-10-18)22-21(24)16-5-13-19(14-6-16)29(2,25)26/h3-14,23H,1-2H3,(H,22,24). The molecule has 3 aromatic rings. The second kappa shape index (κ2) is 8.29. The van der Waals surface area contributed by atoms with Crippen LogP contribution in [0.25, 0.3) is 0 Å². The number of benzene rings is 3. The number of carbonyl (C=O) groups is 1. The van der Waals surface area contributed by atoms with Gasteiger partial charge in [0, 0.05) is 23.2 Å². The molecule has 1 amide bonds. The van der Waals surface area contributed by atoms with E-state index in [0.717, 1.165) is 11.8 Å². The van der Waals surface area contributed by atoms with Gasteiger partial charge in [-0.15, -0.1) is 0 Å². The van der Waals surface area contributed by atoms with Crippen molar-refractivity contribution in [2.75, 3.05) is 16.3 Å². The molecule has 0 unspecified atom stereocenters. The minimum atomic E-state index is -3.71. The van der Waals surface area contributed by atoms with Crippen LogP contribution in [0.3, 0.4) is 0 Å². The van der Waals surface area contributed by atoms with Crippen molar-refractivity contribution in [3.05, 3.63) is 83.9 Å². The van der Waals surface area contributed by atoms with E-state index in [0.29, 0.717) is 16.9 Å². The van der Waals surface area contributed by atoms with Crippen LogP contribution in [-0.2, 0) is 19.9 Å². The number of hydrogen-bond donors (Lipinski definition) is 2. The number of carbonyl (C=O) groups excluding carboxylic acids is 1. The monoisotopic (exact) mass is 444 g/mol. The normalized spacial score (nSPS) is 11.7. The van der Waals surface area contributed by atoms with Crippen LogP contribution in [0.2, 0.25) is 0 Å². The molecule has 0 heterocycles. The van der Waals surface area contributed by atoms with E-state index in [1.807, 2.05) is 6.92 Å². The summed E-state index contributed by atoms with van der Waals surface area (Å²) in [5.74, 6) is -0.414. The molecule has 156 valence electrons. The number of hydrogen-bond acceptors (Lipinski definition) is 5. The molecule has 0 atom stereocenters. The van der Waals surface area contributed by atoms with Gasteiger partial charge in [0.15, 0.2) is 9.84 Å². The molecule has 0 radical (unpaired) electrons. The third kappa shape index (κ3) is 5.25. The molecule has 0 fully saturated rings. The zero-order chi connectivity index (χ0) is 21.9. The maximum absolute atomic E-state index is 12.4. The van der Waals surface area contributed by atoms with E-state index < -0.39 is 25.8 Å². The lowest BCUT2D eigenvalue weighted by molar-refractivity contribution is 0.102. The molecule has 30 heavy (non-hydrogen) atoms. The van der Waals surface area contributed by atoms with Crippen molar-refractivity contribution < 1.29 is 21.6 Å². The fourth-order valence-corrected chi connectivity index (χ4v) is 4.30. The van der Waals surface area contributed by atoms with Gasteiger partial charge in [-0.05, 0) is 67.6 Å². The third-order valence-corrected chi connectivity index (χ3v) is 6.80. The van der Waals surface area contributed by atoms with Crippen LogP contribution in [-0.4, -0.2) is 29.0 Å². The Morgan fingerprint density at radius 1 is 0.700 bits per heavy atom. The SMILES string of the molecule is Cc1ccc(S(=O)(=O)Nc2ccc(NC(=O)c3ccc(S(C)(=O)=O)cc3)cc2)cc1. The van der Waals surface area contributed by atoms with Crippen molar-refractivity contribution in [2.24, 2.45) is 0 Å². The number of rotatable bonds is 6. The lowest BCUT2D eigenvalue weighted by Crippen LogP contribution is -2.14. The highest BCUT2D eigenvalue weighted by atomic mass is 32.2. The Balaban J connectivity index is 1.68. The quantitative estimate of drug-likeness (QED) is 0.605. The van der Waals surface area contributed by atoms with E-state index in [-0.39, 0.29) is 9.79 Å². The Kier molecular flexibility index (Phi) is 5.95. The highest BCUT2D eigenvalue weighted by molar-refractivity contribution is 7.92. The molecule has 0 saturated heterocycles. The number of aryl methyl sites for hydroxylation is 1. The van der Waals surface area contributed by atoms with Gasteiger partial charge in [0.2, 0.25) is 0 Å². The molecule has 9 heteroatoms. The topological polar surface area (TPSA) is 109 Å². The van der Waals surface area contributed by atoms with Crippen molar-refractivity contribution >= 4 is 37.1 Å². The molecular formula is C21H20N2O5S2. The van der Waals surface area contributed by atoms with Crippen LogP contribution < -0.4 is 10.0 Å². The van der Waals surface area contributed by atoms with Gasteiger partial charge in [0.1, 0.15) is 0 Å². The summed E-state index contributed by atoms with van der Waals surface area (Å²) in [5.41, 5.74) is 2.07. The number of sulfonamides is 1.